The maximum absolute atomic E-state index is 12.5. The van der Waals surface area contributed by atoms with Crippen molar-refractivity contribution in [1.29, 1.82) is 0 Å². The quantitative estimate of drug-likeness (QED) is 0.803. The van der Waals surface area contributed by atoms with Gasteiger partial charge in [0.05, 0.1) is 5.69 Å². The van der Waals surface area contributed by atoms with Gasteiger partial charge in [0.1, 0.15) is 6.54 Å². The van der Waals surface area contributed by atoms with Crippen molar-refractivity contribution in [2.24, 2.45) is 5.41 Å². The molecule has 1 aromatic rings. The summed E-state index contributed by atoms with van der Waals surface area (Å²) in [5, 5.41) is 4.11. The van der Waals surface area contributed by atoms with E-state index in [2.05, 4.69) is 5.10 Å². The van der Waals surface area contributed by atoms with E-state index in [4.69, 9.17) is 0 Å². The Morgan fingerprint density at radius 1 is 1.25 bits per heavy atom. The standard InChI is InChI=1S/C17H24N4O3/c1-3-19-12-17(10-15(19)23)6-8-20(9-7-17)16(24)11-21-14(22)5-4-13(2)18-21/h4-5H,3,6-12H2,1-2H3. The highest BCUT2D eigenvalue weighted by molar-refractivity contribution is 5.80. The van der Waals surface area contributed by atoms with E-state index in [0.29, 0.717) is 25.2 Å². The third-order valence-corrected chi connectivity index (χ3v) is 5.25. The molecule has 2 fully saturated rings. The first-order chi connectivity index (χ1) is 11.4. The molecule has 0 atom stereocenters. The minimum absolute atomic E-state index is 0.0203. The summed E-state index contributed by atoms with van der Waals surface area (Å²) in [5.41, 5.74) is 0.481. The molecule has 1 aromatic heterocycles. The Morgan fingerprint density at radius 2 is 1.96 bits per heavy atom. The summed E-state index contributed by atoms with van der Waals surface area (Å²) in [6.45, 7) is 6.63. The number of carbonyl (C=O) groups excluding carboxylic acids is 2. The molecular weight excluding hydrogens is 308 g/mol. The fourth-order valence-corrected chi connectivity index (χ4v) is 3.73. The van der Waals surface area contributed by atoms with Crippen LogP contribution in [0.5, 0.6) is 0 Å². The van der Waals surface area contributed by atoms with E-state index >= 15 is 0 Å². The Hall–Kier alpha value is -2.18. The first-order valence-corrected chi connectivity index (χ1v) is 8.53. The van der Waals surface area contributed by atoms with Crippen LogP contribution in [-0.4, -0.2) is 57.6 Å². The average molecular weight is 332 g/mol. The van der Waals surface area contributed by atoms with E-state index in [0.717, 1.165) is 25.9 Å². The van der Waals surface area contributed by atoms with Crippen LogP contribution in [-0.2, 0) is 16.1 Å². The van der Waals surface area contributed by atoms with E-state index in [1.807, 2.05) is 11.8 Å². The van der Waals surface area contributed by atoms with Crippen LogP contribution in [0.25, 0.3) is 0 Å². The smallest absolute Gasteiger partial charge is 0.267 e. The van der Waals surface area contributed by atoms with Gasteiger partial charge in [-0.1, -0.05) is 0 Å². The Kier molecular flexibility index (Phi) is 4.43. The predicted octanol–water partition coefficient (Wildman–Crippen LogP) is 0.413. The molecule has 0 N–H and O–H groups in total. The van der Waals surface area contributed by atoms with Crippen molar-refractivity contribution in [2.75, 3.05) is 26.2 Å². The van der Waals surface area contributed by atoms with Crippen molar-refractivity contribution in [2.45, 2.75) is 39.7 Å². The molecule has 1 spiro atoms. The fraction of sp³-hybridized carbons (Fsp3) is 0.647. The van der Waals surface area contributed by atoms with Crippen molar-refractivity contribution in [3.05, 3.63) is 28.2 Å². The van der Waals surface area contributed by atoms with Crippen LogP contribution in [0.1, 0.15) is 31.9 Å². The maximum Gasteiger partial charge on any atom is 0.267 e. The van der Waals surface area contributed by atoms with Gasteiger partial charge in [-0.25, -0.2) is 4.68 Å². The summed E-state index contributed by atoms with van der Waals surface area (Å²) in [4.78, 5) is 40.0. The second-order valence-electron chi connectivity index (χ2n) is 6.94. The first-order valence-electron chi connectivity index (χ1n) is 8.53. The van der Waals surface area contributed by atoms with E-state index in [1.165, 1.54) is 10.7 Å². The molecule has 2 saturated heterocycles. The van der Waals surface area contributed by atoms with E-state index < -0.39 is 0 Å². The lowest BCUT2D eigenvalue weighted by Crippen LogP contribution is -2.46. The van der Waals surface area contributed by atoms with E-state index in [-0.39, 0.29) is 29.3 Å². The van der Waals surface area contributed by atoms with Crippen LogP contribution in [0.2, 0.25) is 0 Å². The zero-order valence-electron chi connectivity index (χ0n) is 14.3. The van der Waals surface area contributed by atoms with Crippen molar-refractivity contribution in [1.82, 2.24) is 19.6 Å². The number of piperidine rings is 1. The Morgan fingerprint density at radius 3 is 2.58 bits per heavy atom. The number of rotatable bonds is 3. The van der Waals surface area contributed by atoms with Crippen molar-refractivity contribution < 1.29 is 9.59 Å². The maximum atomic E-state index is 12.5. The molecule has 0 bridgehead atoms. The number of hydrogen-bond donors (Lipinski definition) is 0. The molecule has 3 rings (SSSR count). The molecule has 3 heterocycles. The summed E-state index contributed by atoms with van der Waals surface area (Å²) in [6, 6.07) is 3.08. The third-order valence-electron chi connectivity index (χ3n) is 5.25. The molecule has 2 aliphatic heterocycles. The number of likely N-dealkylation sites (tertiary alicyclic amines) is 2. The van der Waals surface area contributed by atoms with Crippen molar-refractivity contribution in [3.63, 3.8) is 0 Å². The highest BCUT2D eigenvalue weighted by atomic mass is 16.2. The zero-order valence-corrected chi connectivity index (χ0v) is 14.3. The van der Waals surface area contributed by atoms with Crippen molar-refractivity contribution in [3.8, 4) is 0 Å². The van der Waals surface area contributed by atoms with Gasteiger partial charge in [-0.05, 0) is 32.8 Å². The van der Waals surface area contributed by atoms with Gasteiger partial charge in [0.15, 0.2) is 0 Å². The lowest BCUT2D eigenvalue weighted by atomic mass is 9.77. The molecule has 0 aliphatic carbocycles. The van der Waals surface area contributed by atoms with Crippen molar-refractivity contribution >= 4 is 11.8 Å². The van der Waals surface area contributed by atoms with Crippen LogP contribution in [0, 0.1) is 12.3 Å². The number of aromatic nitrogens is 2. The lowest BCUT2D eigenvalue weighted by molar-refractivity contribution is -0.134. The molecule has 7 nitrogen and oxygen atoms in total. The number of aryl methyl sites for hydroxylation is 1. The monoisotopic (exact) mass is 332 g/mol. The van der Waals surface area contributed by atoms with Gasteiger partial charge in [-0.2, -0.15) is 5.10 Å². The van der Waals surface area contributed by atoms with Crippen LogP contribution < -0.4 is 5.56 Å². The third kappa shape index (κ3) is 3.20. The van der Waals surface area contributed by atoms with Crippen LogP contribution in [0.3, 0.4) is 0 Å². The average Bonchev–Trinajstić information content (AvgIpc) is 2.87. The second kappa shape index (κ2) is 6.37. The number of amides is 2. The van der Waals surface area contributed by atoms with Crippen LogP contribution in [0.15, 0.2) is 16.9 Å². The summed E-state index contributed by atoms with van der Waals surface area (Å²) in [7, 11) is 0. The molecule has 2 aliphatic rings. The largest absolute Gasteiger partial charge is 0.342 e. The summed E-state index contributed by atoms with van der Waals surface area (Å²) in [5.74, 6) is 0.148. The number of hydrogen-bond acceptors (Lipinski definition) is 4. The SMILES string of the molecule is CCN1CC2(CCN(C(=O)Cn3nc(C)ccc3=O)CC2)CC1=O. The number of carbonyl (C=O) groups is 2. The van der Waals surface area contributed by atoms with Gasteiger partial charge in [0, 0.05) is 44.1 Å². The molecule has 0 aromatic carbocycles. The highest BCUT2D eigenvalue weighted by Gasteiger charge is 2.44. The van der Waals surface area contributed by atoms with Gasteiger partial charge in [-0.15, -0.1) is 0 Å². The second-order valence-corrected chi connectivity index (χ2v) is 6.94. The normalized spacial score (nSPS) is 20.0. The van der Waals surface area contributed by atoms with Gasteiger partial charge in [-0.3, -0.25) is 14.4 Å². The Balaban J connectivity index is 1.61. The fourth-order valence-electron chi connectivity index (χ4n) is 3.73. The summed E-state index contributed by atoms with van der Waals surface area (Å²) < 4.78 is 1.22. The van der Waals surface area contributed by atoms with Gasteiger partial charge >= 0.3 is 0 Å². The lowest BCUT2D eigenvalue weighted by Gasteiger charge is -2.38. The molecule has 0 unspecified atom stereocenters. The zero-order chi connectivity index (χ0) is 17.3. The van der Waals surface area contributed by atoms with E-state index in [9.17, 15) is 14.4 Å². The van der Waals surface area contributed by atoms with Gasteiger partial charge in [0.25, 0.3) is 5.56 Å². The van der Waals surface area contributed by atoms with Crippen LogP contribution in [0.4, 0.5) is 0 Å². The molecule has 130 valence electrons. The molecule has 24 heavy (non-hydrogen) atoms. The number of nitrogens with zero attached hydrogens (tertiary/aromatic N) is 4. The molecule has 0 radical (unpaired) electrons. The van der Waals surface area contributed by atoms with Gasteiger partial charge < -0.3 is 9.80 Å². The van der Waals surface area contributed by atoms with E-state index in [1.54, 1.807) is 17.9 Å². The predicted molar refractivity (Wildman–Crippen MR) is 88.4 cm³/mol. The molecule has 7 heteroatoms. The minimum Gasteiger partial charge on any atom is -0.342 e. The molecule has 2 amide bonds. The molecule has 0 saturated carbocycles. The van der Waals surface area contributed by atoms with Crippen LogP contribution >= 0.6 is 0 Å². The Labute approximate surface area is 141 Å². The minimum atomic E-state index is -0.262. The highest BCUT2D eigenvalue weighted by Crippen LogP contribution is 2.40. The summed E-state index contributed by atoms with van der Waals surface area (Å²) >= 11 is 0. The Bertz CT molecular complexity index is 704. The van der Waals surface area contributed by atoms with Gasteiger partial charge in [0.2, 0.25) is 11.8 Å². The molecular formula is C17H24N4O3. The topological polar surface area (TPSA) is 75.5 Å². The first kappa shape index (κ1) is 16.7. The summed E-state index contributed by atoms with van der Waals surface area (Å²) in [6.07, 6.45) is 2.29.